The van der Waals surface area contributed by atoms with Crippen molar-refractivity contribution in [3.63, 3.8) is 0 Å². The molecule has 1 saturated heterocycles. The highest BCUT2D eigenvalue weighted by atomic mass is 19.1. The molecule has 2 rings (SSSR count). The summed E-state index contributed by atoms with van der Waals surface area (Å²) in [6.07, 6.45) is 1.45. The maximum Gasteiger partial charge on any atom is 0.254 e. The Hall–Kier alpha value is -1.69. The van der Waals surface area contributed by atoms with Crippen LogP contribution in [-0.2, 0) is 4.74 Å². The lowest BCUT2D eigenvalue weighted by atomic mass is 10.1. The minimum absolute atomic E-state index is 0.0295. The van der Waals surface area contributed by atoms with E-state index < -0.39 is 23.2 Å². The molecule has 1 aromatic rings. The number of carbonyl (C=O) groups is 1. The number of rotatable bonds is 2. The van der Waals surface area contributed by atoms with Crippen molar-refractivity contribution in [1.82, 2.24) is 4.90 Å². The number of carbonyl (C=O) groups excluding carboxylic acids is 1. The summed E-state index contributed by atoms with van der Waals surface area (Å²) in [6, 6.07) is 1.97. The maximum atomic E-state index is 13.4. The van der Waals surface area contributed by atoms with Crippen LogP contribution in [0, 0.1) is 11.6 Å². The smallest absolute Gasteiger partial charge is 0.254 e. The highest BCUT2D eigenvalue weighted by molar-refractivity contribution is 5.94. The number of nitrogens with two attached hydrogens (primary N) is 1. The first kappa shape index (κ1) is 13.7. The summed E-state index contributed by atoms with van der Waals surface area (Å²) in [5, 5.41) is 0. The minimum Gasteiger partial charge on any atom is -0.394 e. The SMILES string of the molecule is CN(C(=O)c1cc(F)c(N)c(F)c1)C1CCOCC1. The Kier molecular flexibility index (Phi) is 3.99. The van der Waals surface area contributed by atoms with Crippen LogP contribution >= 0.6 is 0 Å². The molecule has 0 aliphatic carbocycles. The Labute approximate surface area is 110 Å². The van der Waals surface area contributed by atoms with E-state index >= 15 is 0 Å². The molecule has 0 spiro atoms. The summed E-state index contributed by atoms with van der Waals surface area (Å²) in [5.41, 5.74) is 4.58. The van der Waals surface area contributed by atoms with Gasteiger partial charge < -0.3 is 15.4 Å². The van der Waals surface area contributed by atoms with Crippen LogP contribution in [0.15, 0.2) is 12.1 Å². The van der Waals surface area contributed by atoms with E-state index in [-0.39, 0.29) is 11.6 Å². The van der Waals surface area contributed by atoms with Gasteiger partial charge in [-0.25, -0.2) is 8.78 Å². The van der Waals surface area contributed by atoms with Crippen LogP contribution in [0.2, 0.25) is 0 Å². The number of amides is 1. The Morgan fingerprint density at radius 3 is 2.37 bits per heavy atom. The lowest BCUT2D eigenvalue weighted by Gasteiger charge is -2.31. The molecular formula is C13H16F2N2O2. The second-order valence-corrected chi connectivity index (χ2v) is 4.61. The summed E-state index contributed by atoms with van der Waals surface area (Å²) < 4.78 is 31.9. The number of ether oxygens (including phenoxy) is 1. The van der Waals surface area contributed by atoms with Crippen LogP contribution in [0.5, 0.6) is 0 Å². The maximum absolute atomic E-state index is 13.4. The number of halogens is 2. The monoisotopic (exact) mass is 270 g/mol. The van der Waals surface area contributed by atoms with Gasteiger partial charge in [0.25, 0.3) is 5.91 Å². The summed E-state index contributed by atoms with van der Waals surface area (Å²) in [7, 11) is 1.63. The molecule has 1 heterocycles. The molecule has 0 saturated carbocycles. The van der Waals surface area contributed by atoms with Crippen LogP contribution in [0.3, 0.4) is 0 Å². The molecule has 0 aromatic heterocycles. The lowest BCUT2D eigenvalue weighted by molar-refractivity contribution is 0.0361. The van der Waals surface area contributed by atoms with Crippen molar-refractivity contribution < 1.29 is 18.3 Å². The van der Waals surface area contributed by atoms with Gasteiger partial charge in [-0.1, -0.05) is 0 Å². The van der Waals surface area contributed by atoms with Crippen molar-refractivity contribution in [3.05, 3.63) is 29.3 Å². The van der Waals surface area contributed by atoms with E-state index in [4.69, 9.17) is 10.5 Å². The molecule has 0 atom stereocenters. The standard InChI is InChI=1S/C13H16F2N2O2/c1-17(9-2-4-19-5-3-9)13(18)8-6-10(14)12(16)11(15)7-8/h6-7,9H,2-5,16H2,1H3. The van der Waals surface area contributed by atoms with E-state index in [0.717, 1.165) is 25.0 Å². The van der Waals surface area contributed by atoms with E-state index in [9.17, 15) is 13.6 Å². The number of benzene rings is 1. The average molecular weight is 270 g/mol. The van der Waals surface area contributed by atoms with Crippen molar-refractivity contribution in [2.24, 2.45) is 0 Å². The van der Waals surface area contributed by atoms with Crippen molar-refractivity contribution >= 4 is 11.6 Å². The Balaban J connectivity index is 2.18. The molecule has 1 aliphatic rings. The summed E-state index contributed by atoms with van der Waals surface area (Å²) in [5.74, 6) is -2.24. The third-order valence-corrected chi connectivity index (χ3v) is 3.38. The van der Waals surface area contributed by atoms with Crippen molar-refractivity contribution in [2.45, 2.75) is 18.9 Å². The second kappa shape index (κ2) is 5.52. The van der Waals surface area contributed by atoms with Crippen LogP contribution in [0.25, 0.3) is 0 Å². The molecule has 1 aromatic carbocycles. The van der Waals surface area contributed by atoms with Gasteiger partial charge in [0.1, 0.15) is 17.3 Å². The fourth-order valence-corrected chi connectivity index (χ4v) is 2.15. The van der Waals surface area contributed by atoms with Gasteiger partial charge in [-0.15, -0.1) is 0 Å². The van der Waals surface area contributed by atoms with Crippen LogP contribution in [0.1, 0.15) is 23.2 Å². The number of hydrogen-bond donors (Lipinski definition) is 1. The van der Waals surface area contributed by atoms with E-state index in [1.807, 2.05) is 0 Å². The predicted octanol–water partition coefficient (Wildman–Crippen LogP) is 1.80. The number of nitrogens with zero attached hydrogens (tertiary/aromatic N) is 1. The van der Waals surface area contributed by atoms with E-state index in [2.05, 4.69) is 0 Å². The zero-order valence-corrected chi connectivity index (χ0v) is 10.7. The van der Waals surface area contributed by atoms with Crippen LogP contribution in [0.4, 0.5) is 14.5 Å². The molecule has 0 radical (unpaired) electrons. The molecule has 0 bridgehead atoms. The first-order valence-corrected chi connectivity index (χ1v) is 6.10. The second-order valence-electron chi connectivity index (χ2n) is 4.61. The van der Waals surface area contributed by atoms with Gasteiger partial charge in [0.2, 0.25) is 0 Å². The highest BCUT2D eigenvalue weighted by Gasteiger charge is 2.24. The highest BCUT2D eigenvalue weighted by Crippen LogP contribution is 2.20. The predicted molar refractivity (Wildman–Crippen MR) is 66.7 cm³/mol. The number of nitrogen functional groups attached to an aromatic ring is 1. The molecule has 1 aliphatic heterocycles. The number of anilines is 1. The van der Waals surface area contributed by atoms with Crippen LogP contribution in [-0.4, -0.2) is 37.1 Å². The first-order valence-electron chi connectivity index (χ1n) is 6.10. The zero-order valence-electron chi connectivity index (χ0n) is 10.7. The van der Waals surface area contributed by atoms with Gasteiger partial charge in [-0.2, -0.15) is 0 Å². The molecule has 1 fully saturated rings. The topological polar surface area (TPSA) is 55.6 Å². The van der Waals surface area contributed by atoms with Crippen molar-refractivity contribution in [1.29, 1.82) is 0 Å². The fourth-order valence-electron chi connectivity index (χ4n) is 2.15. The number of hydrogen-bond acceptors (Lipinski definition) is 3. The fraction of sp³-hybridized carbons (Fsp3) is 0.462. The van der Waals surface area contributed by atoms with Gasteiger partial charge in [-0.3, -0.25) is 4.79 Å². The van der Waals surface area contributed by atoms with E-state index in [0.29, 0.717) is 13.2 Å². The van der Waals surface area contributed by atoms with Gasteiger partial charge in [0.15, 0.2) is 0 Å². The minimum atomic E-state index is -0.913. The van der Waals surface area contributed by atoms with Gasteiger partial charge in [-0.05, 0) is 25.0 Å². The molecule has 4 nitrogen and oxygen atoms in total. The van der Waals surface area contributed by atoms with Crippen molar-refractivity contribution in [2.75, 3.05) is 26.0 Å². The van der Waals surface area contributed by atoms with Gasteiger partial charge in [0.05, 0.1) is 0 Å². The summed E-state index contributed by atoms with van der Waals surface area (Å²) in [6.45, 7) is 1.18. The summed E-state index contributed by atoms with van der Waals surface area (Å²) >= 11 is 0. The Morgan fingerprint density at radius 2 is 1.84 bits per heavy atom. The largest absolute Gasteiger partial charge is 0.394 e. The lowest BCUT2D eigenvalue weighted by Crippen LogP contribution is -2.40. The normalized spacial score (nSPS) is 16.4. The van der Waals surface area contributed by atoms with Crippen molar-refractivity contribution in [3.8, 4) is 0 Å². The molecule has 0 unspecified atom stereocenters. The molecule has 19 heavy (non-hydrogen) atoms. The third-order valence-electron chi connectivity index (χ3n) is 3.38. The van der Waals surface area contributed by atoms with E-state index in [1.54, 1.807) is 7.05 Å². The third kappa shape index (κ3) is 2.84. The molecule has 2 N–H and O–H groups in total. The molecule has 104 valence electrons. The average Bonchev–Trinajstić information content (AvgIpc) is 2.43. The molecule has 1 amide bonds. The molecular weight excluding hydrogens is 254 g/mol. The Bertz CT molecular complexity index is 465. The van der Waals surface area contributed by atoms with E-state index in [1.165, 1.54) is 4.90 Å². The molecule has 6 heteroatoms. The summed E-state index contributed by atoms with van der Waals surface area (Å²) in [4.78, 5) is 13.7. The van der Waals surface area contributed by atoms with Gasteiger partial charge in [0, 0.05) is 31.9 Å². The first-order chi connectivity index (χ1) is 9.00. The van der Waals surface area contributed by atoms with Crippen LogP contribution < -0.4 is 5.73 Å². The van der Waals surface area contributed by atoms with Gasteiger partial charge >= 0.3 is 0 Å². The Morgan fingerprint density at radius 1 is 1.32 bits per heavy atom. The quantitative estimate of drug-likeness (QED) is 0.834. The zero-order chi connectivity index (χ0) is 14.0.